The largest absolute Gasteiger partial charge is 0.493 e. The van der Waals surface area contributed by atoms with Crippen LogP contribution in [0.15, 0.2) is 28.7 Å². The van der Waals surface area contributed by atoms with Gasteiger partial charge in [-0.25, -0.2) is 4.79 Å². The molecule has 0 aliphatic carbocycles. The average Bonchev–Trinajstić information content (AvgIpc) is 2.31. The fraction of sp³-hybridized carbons (Fsp3) is 0.385. The summed E-state index contributed by atoms with van der Waals surface area (Å²) in [7, 11) is 0. The van der Waals surface area contributed by atoms with Crippen molar-refractivity contribution < 1.29 is 19.4 Å². The molecule has 0 saturated carbocycles. The normalized spacial score (nSPS) is 10.9. The number of rotatable bonds is 6. The molecule has 5 nitrogen and oxygen atoms in total. The predicted molar refractivity (Wildman–Crippen MR) is 74.1 cm³/mol. The van der Waals surface area contributed by atoms with E-state index in [0.717, 1.165) is 4.47 Å². The molecular weight excluding hydrogens is 314 g/mol. The lowest BCUT2D eigenvalue weighted by Crippen LogP contribution is -2.49. The number of carbonyl (C=O) groups excluding carboxylic acids is 1. The highest BCUT2D eigenvalue weighted by molar-refractivity contribution is 9.10. The Labute approximate surface area is 120 Å². The van der Waals surface area contributed by atoms with Crippen molar-refractivity contribution in [3.05, 3.63) is 28.7 Å². The van der Waals surface area contributed by atoms with Crippen LogP contribution >= 0.6 is 15.9 Å². The van der Waals surface area contributed by atoms with Gasteiger partial charge in [0.15, 0.2) is 0 Å². The Hall–Kier alpha value is -1.56. The molecule has 0 aromatic heterocycles. The predicted octanol–water partition coefficient (Wildman–Crippen LogP) is 2.20. The van der Waals surface area contributed by atoms with Gasteiger partial charge < -0.3 is 15.2 Å². The fourth-order valence-corrected chi connectivity index (χ4v) is 1.52. The quantitative estimate of drug-likeness (QED) is 0.838. The zero-order valence-corrected chi connectivity index (χ0v) is 12.4. The van der Waals surface area contributed by atoms with Crippen LogP contribution in [0.3, 0.4) is 0 Å². The molecule has 104 valence electrons. The van der Waals surface area contributed by atoms with Gasteiger partial charge in [0.25, 0.3) is 0 Å². The molecule has 0 unspecified atom stereocenters. The van der Waals surface area contributed by atoms with Gasteiger partial charge in [0.05, 0.1) is 13.0 Å². The number of carbonyl (C=O) groups is 2. The minimum Gasteiger partial charge on any atom is -0.493 e. The van der Waals surface area contributed by atoms with Gasteiger partial charge in [-0.3, -0.25) is 4.79 Å². The standard InChI is InChI=1S/C13H16BrNO4/c1-13(2,12(17)18)15-11(16)7-8-19-10-5-3-9(14)4-6-10/h3-6H,7-8H2,1-2H3,(H,15,16)(H,17,18). The Bertz CT molecular complexity index is 456. The molecule has 1 aromatic carbocycles. The third-order valence-electron chi connectivity index (χ3n) is 2.40. The number of halogens is 1. The maximum atomic E-state index is 11.5. The Morgan fingerprint density at radius 2 is 1.89 bits per heavy atom. The molecule has 0 heterocycles. The molecule has 0 saturated heterocycles. The minimum atomic E-state index is -1.27. The summed E-state index contributed by atoms with van der Waals surface area (Å²) in [6, 6.07) is 7.23. The minimum absolute atomic E-state index is 0.104. The molecular formula is C13H16BrNO4. The molecule has 0 aliphatic rings. The van der Waals surface area contributed by atoms with Gasteiger partial charge in [0.2, 0.25) is 5.91 Å². The second kappa shape index (κ2) is 6.56. The lowest BCUT2D eigenvalue weighted by Gasteiger charge is -2.20. The zero-order valence-electron chi connectivity index (χ0n) is 10.8. The van der Waals surface area contributed by atoms with E-state index in [4.69, 9.17) is 9.84 Å². The lowest BCUT2D eigenvalue weighted by molar-refractivity contribution is -0.146. The van der Waals surface area contributed by atoms with Gasteiger partial charge in [-0.15, -0.1) is 0 Å². The summed E-state index contributed by atoms with van der Waals surface area (Å²) in [5, 5.41) is 11.3. The molecule has 0 bridgehead atoms. The van der Waals surface area contributed by atoms with Crippen LogP contribution in [0.4, 0.5) is 0 Å². The van der Waals surface area contributed by atoms with Gasteiger partial charge >= 0.3 is 5.97 Å². The summed E-state index contributed by atoms with van der Waals surface area (Å²) in [5.41, 5.74) is -1.27. The highest BCUT2D eigenvalue weighted by atomic mass is 79.9. The van der Waals surface area contributed by atoms with E-state index in [1.54, 1.807) is 12.1 Å². The number of aliphatic carboxylic acids is 1. The van der Waals surface area contributed by atoms with E-state index in [0.29, 0.717) is 5.75 Å². The molecule has 2 N–H and O–H groups in total. The molecule has 1 aromatic rings. The third-order valence-corrected chi connectivity index (χ3v) is 2.93. The monoisotopic (exact) mass is 329 g/mol. The van der Waals surface area contributed by atoms with Crippen LogP contribution in [0.1, 0.15) is 20.3 Å². The van der Waals surface area contributed by atoms with Crippen LogP contribution in [-0.4, -0.2) is 29.1 Å². The molecule has 1 rings (SSSR count). The first-order valence-corrected chi connectivity index (χ1v) is 6.53. The van der Waals surface area contributed by atoms with Crippen molar-refractivity contribution in [2.24, 2.45) is 0 Å². The van der Waals surface area contributed by atoms with E-state index in [-0.39, 0.29) is 18.9 Å². The molecule has 0 spiro atoms. The van der Waals surface area contributed by atoms with Gasteiger partial charge in [0.1, 0.15) is 11.3 Å². The Morgan fingerprint density at radius 3 is 2.42 bits per heavy atom. The molecule has 0 atom stereocenters. The summed E-state index contributed by atoms with van der Waals surface area (Å²) < 4.78 is 6.32. The van der Waals surface area contributed by atoms with Crippen LogP contribution in [-0.2, 0) is 9.59 Å². The second-order valence-electron chi connectivity index (χ2n) is 4.53. The second-order valence-corrected chi connectivity index (χ2v) is 5.45. The number of ether oxygens (including phenoxy) is 1. The first-order chi connectivity index (χ1) is 8.81. The van der Waals surface area contributed by atoms with Crippen LogP contribution in [0, 0.1) is 0 Å². The van der Waals surface area contributed by atoms with E-state index in [1.165, 1.54) is 13.8 Å². The SMILES string of the molecule is CC(C)(NC(=O)CCOc1ccc(Br)cc1)C(=O)O. The van der Waals surface area contributed by atoms with Crippen molar-refractivity contribution in [2.45, 2.75) is 25.8 Å². The Kier molecular flexibility index (Phi) is 5.35. The highest BCUT2D eigenvalue weighted by Gasteiger charge is 2.28. The summed E-state index contributed by atoms with van der Waals surface area (Å²) in [5.74, 6) is -0.771. The van der Waals surface area contributed by atoms with Crippen molar-refractivity contribution in [1.82, 2.24) is 5.32 Å². The molecule has 1 amide bonds. The van der Waals surface area contributed by atoms with E-state index >= 15 is 0 Å². The molecule has 0 aliphatic heterocycles. The fourth-order valence-electron chi connectivity index (χ4n) is 1.26. The highest BCUT2D eigenvalue weighted by Crippen LogP contribution is 2.16. The summed E-state index contributed by atoms with van der Waals surface area (Å²) in [6.07, 6.45) is 0.104. The van der Waals surface area contributed by atoms with Gasteiger partial charge in [-0.2, -0.15) is 0 Å². The number of hydrogen-bond donors (Lipinski definition) is 2. The molecule has 19 heavy (non-hydrogen) atoms. The van der Waals surface area contributed by atoms with Crippen molar-refractivity contribution in [3.8, 4) is 5.75 Å². The van der Waals surface area contributed by atoms with Crippen LogP contribution in [0.25, 0.3) is 0 Å². The average molecular weight is 330 g/mol. The maximum Gasteiger partial charge on any atom is 0.328 e. The Balaban J connectivity index is 2.35. The van der Waals surface area contributed by atoms with Gasteiger partial charge in [0, 0.05) is 4.47 Å². The molecule has 6 heteroatoms. The van der Waals surface area contributed by atoms with Crippen molar-refractivity contribution in [3.63, 3.8) is 0 Å². The van der Waals surface area contributed by atoms with Gasteiger partial charge in [-0.05, 0) is 38.1 Å². The van der Waals surface area contributed by atoms with Crippen molar-refractivity contribution in [2.75, 3.05) is 6.61 Å². The molecule has 0 radical (unpaired) electrons. The number of hydrogen-bond acceptors (Lipinski definition) is 3. The molecule has 0 fully saturated rings. The number of amides is 1. The topological polar surface area (TPSA) is 75.6 Å². The van der Waals surface area contributed by atoms with Crippen molar-refractivity contribution >= 4 is 27.8 Å². The van der Waals surface area contributed by atoms with E-state index in [1.807, 2.05) is 12.1 Å². The summed E-state index contributed by atoms with van der Waals surface area (Å²) in [6.45, 7) is 3.06. The summed E-state index contributed by atoms with van der Waals surface area (Å²) >= 11 is 3.31. The number of carboxylic acid groups (broad SMARTS) is 1. The van der Waals surface area contributed by atoms with Gasteiger partial charge in [-0.1, -0.05) is 15.9 Å². The zero-order chi connectivity index (χ0) is 14.5. The van der Waals surface area contributed by atoms with E-state index < -0.39 is 11.5 Å². The number of benzene rings is 1. The number of carboxylic acids is 1. The van der Waals surface area contributed by atoms with Crippen LogP contribution in [0.2, 0.25) is 0 Å². The first-order valence-electron chi connectivity index (χ1n) is 5.74. The van der Waals surface area contributed by atoms with Crippen molar-refractivity contribution in [1.29, 1.82) is 0 Å². The van der Waals surface area contributed by atoms with Crippen LogP contribution < -0.4 is 10.1 Å². The van der Waals surface area contributed by atoms with Crippen LogP contribution in [0.5, 0.6) is 5.75 Å². The smallest absolute Gasteiger partial charge is 0.328 e. The maximum absolute atomic E-state index is 11.5. The first kappa shape index (κ1) is 15.5. The third kappa shape index (κ3) is 5.30. The Morgan fingerprint density at radius 1 is 1.32 bits per heavy atom. The number of nitrogens with one attached hydrogen (secondary N) is 1. The summed E-state index contributed by atoms with van der Waals surface area (Å²) in [4.78, 5) is 22.4. The van der Waals surface area contributed by atoms with E-state index in [9.17, 15) is 9.59 Å². The lowest BCUT2D eigenvalue weighted by atomic mass is 10.1. The van der Waals surface area contributed by atoms with E-state index in [2.05, 4.69) is 21.2 Å².